The molecule has 0 amide bonds. The molecule has 0 spiro atoms. The van der Waals surface area contributed by atoms with Gasteiger partial charge in [0.1, 0.15) is 0 Å². The number of ether oxygens (including phenoxy) is 1. The van der Waals surface area contributed by atoms with E-state index in [1.54, 1.807) is 0 Å². The fraction of sp³-hybridized carbons (Fsp3) is 0.778. The molecule has 1 fully saturated rings. The lowest BCUT2D eigenvalue weighted by atomic mass is 9.97. The maximum absolute atomic E-state index is 12.9. The summed E-state index contributed by atoms with van der Waals surface area (Å²) in [5, 5.41) is 0.122. The van der Waals surface area contributed by atoms with Crippen LogP contribution in [0.1, 0.15) is 98.3 Å². The minimum atomic E-state index is -1.96. The first kappa shape index (κ1) is 28.8. The predicted octanol–water partition coefficient (Wildman–Crippen LogP) is 7.54. The zero-order chi connectivity index (χ0) is 24.2. The third-order valence-electron chi connectivity index (χ3n) is 6.97. The van der Waals surface area contributed by atoms with Crippen LogP contribution in [0.4, 0.5) is 0 Å². The average Bonchev–Trinajstić information content (AvgIpc) is 2.99. The average molecular weight is 465 g/mol. The maximum atomic E-state index is 12.9. The summed E-state index contributed by atoms with van der Waals surface area (Å²) < 4.78 is 11.4. The molecule has 1 rings (SSSR count). The number of Topliss-reactive ketones (excluding diaryl/α,β-unsaturated/α-hetero) is 1. The predicted molar refractivity (Wildman–Crippen MR) is 136 cm³/mol. The molecule has 1 saturated carbocycles. The van der Waals surface area contributed by atoms with Gasteiger partial charge in [0, 0.05) is 24.3 Å². The van der Waals surface area contributed by atoms with Crippen molar-refractivity contribution in [2.75, 3.05) is 7.11 Å². The van der Waals surface area contributed by atoms with Crippen LogP contribution < -0.4 is 0 Å². The van der Waals surface area contributed by atoms with E-state index in [0.717, 1.165) is 37.7 Å². The number of allylic oxidation sites excluding steroid dienone is 2. The van der Waals surface area contributed by atoms with Gasteiger partial charge < -0.3 is 9.16 Å². The van der Waals surface area contributed by atoms with Crippen LogP contribution in [-0.2, 0) is 18.8 Å². The summed E-state index contributed by atoms with van der Waals surface area (Å²) in [5.41, 5.74) is 0.937. The molecule has 0 N–H and O–H groups in total. The molecule has 0 aliphatic heterocycles. The lowest BCUT2D eigenvalue weighted by Gasteiger charge is -2.39. The molecule has 0 aromatic carbocycles. The summed E-state index contributed by atoms with van der Waals surface area (Å²) in [5.74, 6) is 0.158. The Hall–Kier alpha value is -1.20. The van der Waals surface area contributed by atoms with Gasteiger partial charge in [-0.05, 0) is 50.2 Å². The first-order valence-corrected chi connectivity index (χ1v) is 15.6. The van der Waals surface area contributed by atoms with Crippen LogP contribution in [0.25, 0.3) is 0 Å². The Morgan fingerprint density at radius 2 is 1.72 bits per heavy atom. The van der Waals surface area contributed by atoms with Crippen LogP contribution in [0, 0.1) is 5.92 Å². The molecule has 0 aromatic rings. The highest BCUT2D eigenvalue weighted by Crippen LogP contribution is 2.42. The molecule has 0 unspecified atom stereocenters. The number of carbonyl (C=O) groups excluding carboxylic acids is 2. The van der Waals surface area contributed by atoms with Gasteiger partial charge in [0.15, 0.2) is 14.1 Å². The number of carbonyl (C=O) groups is 2. The quantitative estimate of drug-likeness (QED) is 0.0875. The van der Waals surface area contributed by atoms with Crippen LogP contribution in [0.3, 0.4) is 0 Å². The Balaban J connectivity index is 2.82. The Kier molecular flexibility index (Phi) is 12.7. The van der Waals surface area contributed by atoms with Crippen molar-refractivity contribution in [1.82, 2.24) is 0 Å². The molecule has 0 saturated heterocycles. The highest BCUT2D eigenvalue weighted by Gasteiger charge is 2.44. The molecule has 0 heterocycles. The van der Waals surface area contributed by atoms with Crippen LogP contribution in [0.2, 0.25) is 18.1 Å². The van der Waals surface area contributed by atoms with Gasteiger partial charge in [-0.1, -0.05) is 71.6 Å². The third kappa shape index (κ3) is 9.74. The lowest BCUT2D eigenvalue weighted by Crippen LogP contribution is -2.44. The number of rotatable bonds is 14. The number of hydrogen-bond acceptors (Lipinski definition) is 4. The Morgan fingerprint density at radius 1 is 1.06 bits per heavy atom. The lowest BCUT2D eigenvalue weighted by molar-refractivity contribution is -0.140. The van der Waals surface area contributed by atoms with Gasteiger partial charge >= 0.3 is 5.97 Å². The van der Waals surface area contributed by atoms with Gasteiger partial charge in [0.25, 0.3) is 0 Å². The van der Waals surface area contributed by atoms with Crippen LogP contribution in [-0.4, -0.2) is 33.3 Å². The van der Waals surface area contributed by atoms with Gasteiger partial charge in [-0.25, -0.2) is 0 Å². The van der Waals surface area contributed by atoms with Crippen molar-refractivity contribution < 1.29 is 18.8 Å². The minimum absolute atomic E-state index is 0.0409. The van der Waals surface area contributed by atoms with Crippen molar-refractivity contribution in [3.05, 3.63) is 23.8 Å². The zero-order valence-electron chi connectivity index (χ0n) is 21.8. The second-order valence-corrected chi connectivity index (χ2v) is 15.4. The topological polar surface area (TPSA) is 52.6 Å². The van der Waals surface area contributed by atoms with Crippen molar-refractivity contribution >= 4 is 20.1 Å². The Bertz CT molecular complexity index is 643. The highest BCUT2D eigenvalue weighted by atomic mass is 28.4. The van der Waals surface area contributed by atoms with Crippen LogP contribution in [0.15, 0.2) is 23.8 Å². The van der Waals surface area contributed by atoms with Gasteiger partial charge in [-0.15, -0.1) is 0 Å². The second-order valence-electron chi connectivity index (χ2n) is 10.7. The van der Waals surface area contributed by atoms with Crippen molar-refractivity contribution in [2.45, 2.75) is 123 Å². The van der Waals surface area contributed by atoms with Crippen LogP contribution in [0.5, 0.6) is 0 Å². The fourth-order valence-corrected chi connectivity index (χ4v) is 5.18. The molecule has 184 valence electrons. The van der Waals surface area contributed by atoms with Crippen molar-refractivity contribution in [2.24, 2.45) is 5.92 Å². The maximum Gasteiger partial charge on any atom is 0.305 e. The van der Waals surface area contributed by atoms with E-state index in [0.29, 0.717) is 12.8 Å². The number of hydrogen-bond donors (Lipinski definition) is 0. The minimum Gasteiger partial charge on any atom is -0.469 e. The smallest absolute Gasteiger partial charge is 0.305 e. The number of unbranched alkanes of at least 4 members (excludes halogenated alkanes) is 7. The van der Waals surface area contributed by atoms with Gasteiger partial charge in [0.2, 0.25) is 0 Å². The van der Waals surface area contributed by atoms with E-state index < -0.39 is 8.32 Å². The summed E-state index contributed by atoms with van der Waals surface area (Å²) in [7, 11) is -0.528. The standard InChI is InChI=1S/C27H48O4Si/c1-8-9-10-11-12-16-19-23-22(18-15-13-14-17-20-26(29)30-5)24(28)21-25(23)31-32(6,7)27(2,3)4/h16,18-19,23,25H,8-15,17,20-21H2,1-7H3/b19-16+,22-18+/t23-,25-/m0/s1. The summed E-state index contributed by atoms with van der Waals surface area (Å²) in [6, 6.07) is 0. The Morgan fingerprint density at radius 3 is 2.34 bits per heavy atom. The van der Waals surface area contributed by atoms with E-state index in [4.69, 9.17) is 9.16 Å². The normalized spacial score (nSPS) is 21.1. The monoisotopic (exact) mass is 464 g/mol. The number of ketones is 1. The third-order valence-corrected chi connectivity index (χ3v) is 11.5. The molecule has 1 aliphatic carbocycles. The molecule has 4 nitrogen and oxygen atoms in total. The molecule has 0 radical (unpaired) electrons. The van der Waals surface area contributed by atoms with Crippen molar-refractivity contribution in [3.8, 4) is 0 Å². The molecular formula is C27H48O4Si. The molecule has 32 heavy (non-hydrogen) atoms. The largest absolute Gasteiger partial charge is 0.469 e. The first-order chi connectivity index (χ1) is 15.0. The summed E-state index contributed by atoms with van der Waals surface area (Å²) in [6.45, 7) is 13.5. The van der Waals surface area contributed by atoms with Crippen molar-refractivity contribution in [3.63, 3.8) is 0 Å². The van der Waals surface area contributed by atoms with Crippen molar-refractivity contribution in [1.29, 1.82) is 0 Å². The van der Waals surface area contributed by atoms with E-state index >= 15 is 0 Å². The Labute approximate surface area is 198 Å². The SMILES string of the molecule is CCCCCC/C=C/[C@H]1/C(=C\CCCCCC(=O)OC)C(=O)C[C@@H]1O[Si](C)(C)C(C)(C)C. The second kappa shape index (κ2) is 14.1. The van der Waals surface area contributed by atoms with E-state index in [1.807, 2.05) is 0 Å². The summed E-state index contributed by atoms with van der Waals surface area (Å²) >= 11 is 0. The first-order valence-electron chi connectivity index (χ1n) is 12.7. The molecule has 1 aliphatic rings. The molecule has 0 bridgehead atoms. The molecule has 5 heteroatoms. The molecule has 2 atom stereocenters. The number of methoxy groups -OCH3 is 1. The van der Waals surface area contributed by atoms with Crippen LogP contribution >= 0.6 is 0 Å². The van der Waals surface area contributed by atoms with E-state index in [9.17, 15) is 9.59 Å². The zero-order valence-corrected chi connectivity index (χ0v) is 22.8. The highest BCUT2D eigenvalue weighted by molar-refractivity contribution is 6.74. The van der Waals surface area contributed by atoms with Gasteiger partial charge in [-0.3, -0.25) is 9.59 Å². The van der Waals surface area contributed by atoms with E-state index in [2.05, 4.69) is 59.0 Å². The van der Waals surface area contributed by atoms with E-state index in [-0.39, 0.29) is 28.8 Å². The van der Waals surface area contributed by atoms with E-state index in [1.165, 1.54) is 32.8 Å². The summed E-state index contributed by atoms with van der Waals surface area (Å²) in [4.78, 5) is 24.2. The fourth-order valence-electron chi connectivity index (χ4n) is 3.84. The molecular weight excluding hydrogens is 416 g/mol. The summed E-state index contributed by atoms with van der Waals surface area (Å²) in [6.07, 6.45) is 17.3. The molecule has 0 aromatic heterocycles. The van der Waals surface area contributed by atoms with Gasteiger partial charge in [0.05, 0.1) is 13.2 Å². The number of esters is 1. The van der Waals surface area contributed by atoms with Gasteiger partial charge in [-0.2, -0.15) is 0 Å².